The van der Waals surface area contributed by atoms with Crippen molar-refractivity contribution in [1.82, 2.24) is 9.13 Å². The van der Waals surface area contributed by atoms with E-state index in [9.17, 15) is 0 Å². The lowest BCUT2D eigenvalue weighted by atomic mass is 9.33. The lowest BCUT2D eigenvalue weighted by molar-refractivity contribution is 0.590. The summed E-state index contributed by atoms with van der Waals surface area (Å²) in [6.45, 7) is 23.5. The van der Waals surface area contributed by atoms with Crippen LogP contribution in [0.2, 0.25) is 0 Å². The van der Waals surface area contributed by atoms with Crippen molar-refractivity contribution in [2.24, 2.45) is 0 Å². The van der Waals surface area contributed by atoms with Gasteiger partial charge in [-0.1, -0.05) is 366 Å². The molecule has 2 aliphatic carbocycles. The van der Waals surface area contributed by atoms with Crippen molar-refractivity contribution in [3.8, 4) is 94.7 Å². The number of aromatic nitrogens is 2. The van der Waals surface area contributed by atoms with E-state index in [0.29, 0.717) is 6.54 Å². The molecule has 0 atom stereocenters. The molecule has 4 nitrogen and oxygen atoms in total. The Balaban J connectivity index is 0.731. The average Bonchev–Trinajstić information content (AvgIpc) is 1.33. The zero-order chi connectivity index (χ0) is 89.8. The van der Waals surface area contributed by atoms with Crippen LogP contribution in [0.1, 0.15) is 131 Å². The quantitative estimate of drug-likeness (QED) is 0.0845. The van der Waals surface area contributed by atoms with Crippen molar-refractivity contribution in [2.75, 3.05) is 22.9 Å². The number of hydrogen-bond acceptors (Lipinski definition) is 2. The van der Waals surface area contributed by atoms with Gasteiger partial charge in [0.25, 0.3) is 6.71 Å². The first kappa shape index (κ1) is 81.5. The van der Waals surface area contributed by atoms with Crippen LogP contribution in [-0.2, 0) is 41.0 Å². The fourth-order valence-corrected chi connectivity index (χ4v) is 23.4. The van der Waals surface area contributed by atoms with Crippen LogP contribution in [-0.4, -0.2) is 28.9 Å². The molecule has 20 aromatic rings. The molecule has 24 rings (SSSR count). The number of hydrogen-bond donors (Lipinski definition) is 0. The van der Waals surface area contributed by atoms with Gasteiger partial charge in [-0.15, -0.1) is 0 Å². The minimum absolute atomic E-state index is 0.0297. The molecule has 0 bridgehead atoms. The maximum Gasteiger partial charge on any atom is 0.252 e. The van der Waals surface area contributed by atoms with Gasteiger partial charge in [0, 0.05) is 80.6 Å². The van der Waals surface area contributed by atoms with Crippen molar-refractivity contribution in [1.29, 1.82) is 0 Å². The number of rotatable bonds is 17. The molecular formula is C128H107BN4. The average molecular weight is 1710 g/mol. The van der Waals surface area contributed by atoms with Crippen LogP contribution >= 0.6 is 0 Å². The fourth-order valence-electron chi connectivity index (χ4n) is 23.4. The summed E-state index contributed by atoms with van der Waals surface area (Å²) >= 11 is 0. The molecule has 0 radical (unpaired) electrons. The summed E-state index contributed by atoms with van der Waals surface area (Å²) in [5.74, 6) is 0. The second-order valence-corrected chi connectivity index (χ2v) is 40.8. The van der Waals surface area contributed by atoms with E-state index in [4.69, 9.17) is 0 Å². The molecule has 133 heavy (non-hydrogen) atoms. The highest BCUT2D eigenvalue weighted by Gasteiger charge is 2.52. The monoisotopic (exact) mass is 1710 g/mol. The molecule has 2 aliphatic heterocycles. The summed E-state index contributed by atoms with van der Waals surface area (Å²) in [5, 5.41) is 5.12. The third-order valence-electron chi connectivity index (χ3n) is 29.8. The zero-order valence-corrected chi connectivity index (χ0v) is 77.4. The summed E-state index contributed by atoms with van der Waals surface area (Å²) in [4.78, 5) is 5.63. The summed E-state index contributed by atoms with van der Waals surface area (Å²) in [7, 11) is 0. The number of fused-ring (bicyclic) bond motifs is 20. The minimum atomic E-state index is -0.529. The second-order valence-electron chi connectivity index (χ2n) is 40.8. The van der Waals surface area contributed by atoms with Gasteiger partial charge in [-0.05, 0) is 300 Å². The van der Waals surface area contributed by atoms with Crippen LogP contribution < -0.4 is 26.2 Å². The molecule has 2 aromatic heterocycles. The van der Waals surface area contributed by atoms with E-state index in [-0.39, 0.29) is 23.0 Å². The lowest BCUT2D eigenvalue weighted by Crippen LogP contribution is -2.62. The van der Waals surface area contributed by atoms with Gasteiger partial charge < -0.3 is 18.9 Å². The Bertz CT molecular complexity index is 7780. The number of benzene rings is 18. The Kier molecular flexibility index (Phi) is 19.5. The minimum Gasteiger partial charge on any atom is -0.342 e. The van der Waals surface area contributed by atoms with Gasteiger partial charge in [0.1, 0.15) is 0 Å². The summed E-state index contributed by atoms with van der Waals surface area (Å²) < 4.78 is 5.27. The topological polar surface area (TPSA) is 16.3 Å². The van der Waals surface area contributed by atoms with E-state index in [0.717, 1.165) is 44.5 Å². The second kappa shape index (κ2) is 31.8. The van der Waals surface area contributed by atoms with Crippen molar-refractivity contribution in [2.45, 2.75) is 116 Å². The molecule has 0 saturated heterocycles. The molecule has 0 amide bonds. The van der Waals surface area contributed by atoms with Crippen LogP contribution in [0.3, 0.4) is 0 Å². The van der Waals surface area contributed by atoms with Crippen LogP contribution in [0, 0.1) is 0 Å². The predicted molar refractivity (Wildman–Crippen MR) is 565 cm³/mol. The largest absolute Gasteiger partial charge is 0.342 e. The molecule has 0 fully saturated rings. The fraction of sp³-hybridized carbons (Fsp3) is 0.156. The molecule has 5 heteroatoms. The third-order valence-corrected chi connectivity index (χ3v) is 29.8. The number of anilines is 4. The molecule has 0 N–H and O–H groups in total. The highest BCUT2D eigenvalue weighted by atomic mass is 15.2. The Morgan fingerprint density at radius 1 is 0.256 bits per heavy atom. The van der Waals surface area contributed by atoms with Crippen molar-refractivity contribution < 1.29 is 0 Å². The molecule has 4 aliphatic rings. The first-order chi connectivity index (χ1) is 64.9. The van der Waals surface area contributed by atoms with Crippen LogP contribution in [0.5, 0.6) is 0 Å². The van der Waals surface area contributed by atoms with E-state index >= 15 is 0 Å². The summed E-state index contributed by atoms with van der Waals surface area (Å²) in [6, 6.07) is 154. The van der Waals surface area contributed by atoms with Crippen LogP contribution in [0.4, 0.5) is 22.7 Å². The summed E-state index contributed by atoms with van der Waals surface area (Å²) in [6.07, 6.45) is 3.41. The van der Waals surface area contributed by atoms with E-state index in [1.165, 1.54) is 227 Å². The first-order valence-corrected chi connectivity index (χ1v) is 48.0. The molecule has 18 aromatic carbocycles. The Hall–Kier alpha value is -14.8. The number of nitrogens with zero attached hydrogens (tertiary/aromatic N) is 4. The number of para-hydroxylation sites is 1. The van der Waals surface area contributed by atoms with Gasteiger partial charge >= 0.3 is 0 Å². The molecule has 0 saturated carbocycles. The Labute approximate surface area is 782 Å². The van der Waals surface area contributed by atoms with Gasteiger partial charge in [-0.3, -0.25) is 0 Å². The molecule has 1 spiro atoms. The highest BCUT2D eigenvalue weighted by molar-refractivity contribution is 7.00. The maximum atomic E-state index is 2.82. The van der Waals surface area contributed by atoms with Gasteiger partial charge in [-0.25, -0.2) is 0 Å². The molecule has 0 unspecified atom stereocenters. The van der Waals surface area contributed by atoms with Gasteiger partial charge in [0.05, 0.1) is 16.4 Å². The molecule has 4 heterocycles. The van der Waals surface area contributed by atoms with Gasteiger partial charge in [0.15, 0.2) is 0 Å². The predicted octanol–water partition coefficient (Wildman–Crippen LogP) is 30.9. The third kappa shape index (κ3) is 13.5. The van der Waals surface area contributed by atoms with Crippen molar-refractivity contribution >= 4 is 89.5 Å². The Morgan fingerprint density at radius 2 is 0.639 bits per heavy atom. The van der Waals surface area contributed by atoms with Gasteiger partial charge in [0.2, 0.25) is 0 Å². The summed E-state index contributed by atoms with van der Waals surface area (Å²) in [5.41, 5.74) is 47.8. The van der Waals surface area contributed by atoms with Crippen LogP contribution in [0.15, 0.2) is 400 Å². The molecular weight excluding hydrogens is 1600 g/mol. The van der Waals surface area contributed by atoms with Crippen molar-refractivity contribution in [3.63, 3.8) is 0 Å². The van der Waals surface area contributed by atoms with Crippen molar-refractivity contribution in [3.05, 3.63) is 456 Å². The molecule has 642 valence electrons. The lowest BCUT2D eigenvalue weighted by Gasteiger charge is -2.45. The normalized spacial score (nSPS) is 13.4. The smallest absolute Gasteiger partial charge is 0.252 e. The zero-order valence-electron chi connectivity index (χ0n) is 77.4. The van der Waals surface area contributed by atoms with Gasteiger partial charge in [-0.2, -0.15) is 0 Å². The van der Waals surface area contributed by atoms with E-state index < -0.39 is 5.41 Å². The SMILES string of the molecule is CC(C)(C)c1cc2c3c(c1)N(CCCc1c(-c4ccccc4)cc(-c4ccccc4)cc1-c1ccccc1)c1cc(-n4c5ccccc5c5cc6c(cc54)C4(c5ccccc5-c5ccccc54)c4ccccc4-6)ccc1B3c1ccc(Cn3c4ccc(C(C)(C)C)cc4c4cc(C(C)(C)C)ccc43)cc1N2CCCc1c(-c2ccccc2)cc(-c2ccccc2)cc1-c1ccccc1. The van der Waals surface area contributed by atoms with E-state index in [1.807, 2.05) is 0 Å². The maximum absolute atomic E-state index is 2.82. The van der Waals surface area contributed by atoms with E-state index in [1.54, 1.807) is 0 Å². The Morgan fingerprint density at radius 3 is 1.08 bits per heavy atom. The standard InChI is InChI=1S/C128H107BN4/c1-125(2,3)92-61-66-116-107(75-92)108-76-93(126(4,5)6)62-67-117(108)132(116)82-83-60-64-114-120(70-83)130(68-36-54-96-102(86-42-20-12-21-43-86)71-90(84-38-16-10-17-39-84)72-103(96)87-44-22-13-23-45-87)122-77-94(127(7,8)9)78-123-124(122)129(114)115-65-63-95(79-121(115)131(123)69-37-55-97-104(88-46-24-14-25-47-88)73-91(85-40-18-11-19-41-85)74-105(97)89-48-26-15-27-49-89)133-118-59-35-31-53-101(118)109-80-106-100-52-30-34-58-112(100)128(113(106)81-119(109)133)110-56-32-28-50-98(110)99-51-29-33-57-111(99)128/h10-35,38-53,56-67,70-81H,36-37,54-55,68-69,82H2,1-9H3. The first-order valence-electron chi connectivity index (χ1n) is 48.0. The van der Waals surface area contributed by atoms with E-state index in [2.05, 4.69) is 482 Å². The highest BCUT2D eigenvalue weighted by Crippen LogP contribution is 2.64. The van der Waals surface area contributed by atoms with Crippen LogP contribution in [0.25, 0.3) is 138 Å².